The molecule has 3 unspecified atom stereocenters. The summed E-state index contributed by atoms with van der Waals surface area (Å²) in [5.74, 6) is 0.787. The van der Waals surface area contributed by atoms with Gasteiger partial charge in [-0.2, -0.15) is 11.8 Å². The summed E-state index contributed by atoms with van der Waals surface area (Å²) in [5.41, 5.74) is 7.11. The van der Waals surface area contributed by atoms with Gasteiger partial charge in [0.2, 0.25) is 0 Å². The Balaban J connectivity index is 1.87. The highest BCUT2D eigenvalue weighted by molar-refractivity contribution is 8.00. The van der Waals surface area contributed by atoms with Gasteiger partial charge in [-0.3, -0.25) is 0 Å². The van der Waals surface area contributed by atoms with Gasteiger partial charge in [-0.05, 0) is 17.9 Å². The van der Waals surface area contributed by atoms with E-state index >= 15 is 0 Å². The molecule has 0 heterocycles. The molecular weight excluding hydrogens is 190 g/mol. The molecule has 0 radical (unpaired) electrons. The molecule has 2 rings (SSSR count). The molecule has 2 heteroatoms. The van der Waals surface area contributed by atoms with Gasteiger partial charge >= 0.3 is 0 Å². The van der Waals surface area contributed by atoms with Gasteiger partial charge in [-0.15, -0.1) is 0 Å². The van der Waals surface area contributed by atoms with Crippen molar-refractivity contribution in [2.24, 2.45) is 5.73 Å². The lowest BCUT2D eigenvalue weighted by atomic mass is 10.1. The van der Waals surface area contributed by atoms with Gasteiger partial charge in [-0.1, -0.05) is 37.3 Å². The first-order valence-electron chi connectivity index (χ1n) is 5.21. The maximum absolute atomic E-state index is 5.61. The van der Waals surface area contributed by atoms with Crippen LogP contribution in [0.15, 0.2) is 30.3 Å². The molecule has 1 nitrogen and oxygen atoms in total. The summed E-state index contributed by atoms with van der Waals surface area (Å²) >= 11 is 2.04. The van der Waals surface area contributed by atoms with Gasteiger partial charge in [0.15, 0.2) is 0 Å². The Hall–Kier alpha value is -0.470. The third kappa shape index (κ3) is 2.31. The molecule has 0 saturated heterocycles. The minimum atomic E-state index is 0.605. The van der Waals surface area contributed by atoms with Crippen molar-refractivity contribution in [2.45, 2.75) is 29.8 Å². The standard InChI is InChI=1S/C12H17NS/c1-9(8-13)14-12-7-11(12)10-5-3-2-4-6-10/h2-6,9,11-12H,7-8,13H2,1H3. The van der Waals surface area contributed by atoms with E-state index in [2.05, 4.69) is 37.3 Å². The summed E-state index contributed by atoms with van der Waals surface area (Å²) in [4.78, 5) is 0. The Morgan fingerprint density at radius 2 is 2.14 bits per heavy atom. The molecule has 0 amide bonds. The predicted octanol–water partition coefficient (Wildman–Crippen LogP) is 2.62. The first-order valence-corrected chi connectivity index (χ1v) is 6.16. The third-order valence-electron chi connectivity index (χ3n) is 2.70. The summed E-state index contributed by atoms with van der Waals surface area (Å²) in [7, 11) is 0. The van der Waals surface area contributed by atoms with Crippen LogP contribution in [0, 0.1) is 0 Å². The number of hydrogen-bond donors (Lipinski definition) is 1. The molecule has 3 atom stereocenters. The highest BCUT2D eigenvalue weighted by atomic mass is 32.2. The van der Waals surface area contributed by atoms with E-state index in [4.69, 9.17) is 5.73 Å². The van der Waals surface area contributed by atoms with Crippen LogP contribution >= 0.6 is 11.8 Å². The maximum atomic E-state index is 5.61. The van der Waals surface area contributed by atoms with Gasteiger partial charge in [0.1, 0.15) is 0 Å². The Bertz CT molecular complexity index is 286. The lowest BCUT2D eigenvalue weighted by molar-refractivity contribution is 0.949. The largest absolute Gasteiger partial charge is 0.329 e. The Morgan fingerprint density at radius 3 is 2.79 bits per heavy atom. The molecule has 1 saturated carbocycles. The van der Waals surface area contributed by atoms with Gasteiger partial charge in [0.05, 0.1) is 0 Å². The van der Waals surface area contributed by atoms with Crippen LogP contribution in [0.2, 0.25) is 0 Å². The van der Waals surface area contributed by atoms with Crippen molar-refractivity contribution >= 4 is 11.8 Å². The fourth-order valence-corrected chi connectivity index (χ4v) is 3.10. The van der Waals surface area contributed by atoms with E-state index < -0.39 is 0 Å². The first kappa shape index (κ1) is 10.1. The molecule has 14 heavy (non-hydrogen) atoms. The van der Waals surface area contributed by atoms with Crippen LogP contribution in [0.4, 0.5) is 0 Å². The molecule has 1 aromatic carbocycles. The quantitative estimate of drug-likeness (QED) is 0.821. The van der Waals surface area contributed by atoms with Crippen LogP contribution in [0.5, 0.6) is 0 Å². The summed E-state index contributed by atoms with van der Waals surface area (Å²) < 4.78 is 0. The van der Waals surface area contributed by atoms with Crippen molar-refractivity contribution in [3.63, 3.8) is 0 Å². The van der Waals surface area contributed by atoms with Crippen LogP contribution in [0.1, 0.15) is 24.8 Å². The van der Waals surface area contributed by atoms with Gasteiger partial charge in [-0.25, -0.2) is 0 Å². The van der Waals surface area contributed by atoms with Crippen LogP contribution in [-0.2, 0) is 0 Å². The molecule has 76 valence electrons. The molecular formula is C12H17NS. The minimum absolute atomic E-state index is 0.605. The molecule has 1 aliphatic rings. The highest BCUT2D eigenvalue weighted by Crippen LogP contribution is 2.50. The van der Waals surface area contributed by atoms with Crippen molar-refractivity contribution < 1.29 is 0 Å². The topological polar surface area (TPSA) is 26.0 Å². The summed E-state index contributed by atoms with van der Waals surface area (Å²) in [6.07, 6.45) is 1.33. The number of benzene rings is 1. The molecule has 1 fully saturated rings. The third-order valence-corrected chi connectivity index (χ3v) is 4.23. The smallest absolute Gasteiger partial charge is 0.0144 e. The molecule has 0 aliphatic heterocycles. The van der Waals surface area contributed by atoms with Crippen molar-refractivity contribution in [3.8, 4) is 0 Å². The molecule has 0 bridgehead atoms. The Labute approximate surface area is 90.1 Å². The number of hydrogen-bond acceptors (Lipinski definition) is 2. The van der Waals surface area contributed by atoms with E-state index in [1.807, 2.05) is 11.8 Å². The van der Waals surface area contributed by atoms with Gasteiger partial charge in [0.25, 0.3) is 0 Å². The van der Waals surface area contributed by atoms with Gasteiger partial charge < -0.3 is 5.73 Å². The minimum Gasteiger partial charge on any atom is -0.329 e. The second-order valence-electron chi connectivity index (χ2n) is 3.97. The molecule has 1 aliphatic carbocycles. The van der Waals surface area contributed by atoms with E-state index in [0.29, 0.717) is 5.25 Å². The second-order valence-corrected chi connectivity index (χ2v) is 5.66. The highest BCUT2D eigenvalue weighted by Gasteiger charge is 2.39. The first-order chi connectivity index (χ1) is 6.81. The lowest BCUT2D eigenvalue weighted by Gasteiger charge is -2.07. The molecule has 1 aromatic rings. The van der Waals surface area contributed by atoms with Gasteiger partial charge in [0, 0.05) is 17.0 Å². The second kappa shape index (κ2) is 4.37. The molecule has 0 aromatic heterocycles. The zero-order chi connectivity index (χ0) is 9.97. The molecule has 0 spiro atoms. The Morgan fingerprint density at radius 1 is 1.43 bits per heavy atom. The monoisotopic (exact) mass is 207 g/mol. The van der Waals surface area contributed by atoms with Crippen molar-refractivity contribution in [1.82, 2.24) is 0 Å². The van der Waals surface area contributed by atoms with E-state index in [1.54, 1.807) is 0 Å². The predicted molar refractivity (Wildman–Crippen MR) is 63.7 cm³/mol. The molecule has 2 N–H and O–H groups in total. The summed E-state index contributed by atoms with van der Waals surface area (Å²) in [5, 5.41) is 1.42. The van der Waals surface area contributed by atoms with Crippen molar-refractivity contribution in [1.29, 1.82) is 0 Å². The average Bonchev–Trinajstić information content (AvgIpc) is 2.98. The Kier molecular flexibility index (Phi) is 3.14. The summed E-state index contributed by atoms with van der Waals surface area (Å²) in [6.45, 7) is 3.01. The SMILES string of the molecule is CC(CN)SC1CC1c1ccccc1. The van der Waals surface area contributed by atoms with E-state index in [9.17, 15) is 0 Å². The van der Waals surface area contributed by atoms with E-state index in [0.717, 1.165) is 17.7 Å². The van der Waals surface area contributed by atoms with E-state index in [1.165, 1.54) is 12.0 Å². The fraction of sp³-hybridized carbons (Fsp3) is 0.500. The lowest BCUT2D eigenvalue weighted by Crippen LogP contribution is -2.13. The zero-order valence-electron chi connectivity index (χ0n) is 8.52. The van der Waals surface area contributed by atoms with Crippen molar-refractivity contribution in [2.75, 3.05) is 6.54 Å². The number of thioether (sulfide) groups is 1. The van der Waals surface area contributed by atoms with E-state index in [-0.39, 0.29) is 0 Å². The van der Waals surface area contributed by atoms with Crippen LogP contribution < -0.4 is 5.73 Å². The average molecular weight is 207 g/mol. The number of nitrogens with two attached hydrogens (primary N) is 1. The zero-order valence-corrected chi connectivity index (χ0v) is 9.34. The van der Waals surface area contributed by atoms with Crippen LogP contribution in [0.25, 0.3) is 0 Å². The number of rotatable bonds is 4. The normalized spacial score (nSPS) is 27.3. The van der Waals surface area contributed by atoms with Crippen LogP contribution in [0.3, 0.4) is 0 Å². The summed E-state index contributed by atoms with van der Waals surface area (Å²) in [6, 6.07) is 10.8. The van der Waals surface area contributed by atoms with Crippen molar-refractivity contribution in [3.05, 3.63) is 35.9 Å². The fourth-order valence-electron chi connectivity index (χ4n) is 1.73. The maximum Gasteiger partial charge on any atom is 0.0144 e. The van der Waals surface area contributed by atoms with Crippen LogP contribution in [-0.4, -0.2) is 17.0 Å².